The Balaban J connectivity index is 2.40. The fourth-order valence-corrected chi connectivity index (χ4v) is 1.50. The van der Waals surface area contributed by atoms with Crippen LogP contribution in [0.3, 0.4) is 0 Å². The van der Waals surface area contributed by atoms with Crippen molar-refractivity contribution in [3.8, 4) is 5.75 Å². The van der Waals surface area contributed by atoms with Crippen molar-refractivity contribution >= 4 is 17.6 Å². The maximum atomic E-state index is 10.3. The van der Waals surface area contributed by atoms with Crippen LogP contribution >= 0.6 is 11.6 Å². The van der Waals surface area contributed by atoms with Crippen LogP contribution in [0, 0.1) is 6.92 Å². The highest BCUT2D eigenvalue weighted by Gasteiger charge is 2.10. The third-order valence-electron chi connectivity index (χ3n) is 2.21. The van der Waals surface area contributed by atoms with E-state index in [2.05, 4.69) is 0 Å². The summed E-state index contributed by atoms with van der Waals surface area (Å²) < 4.78 is 5.38. The zero-order valence-corrected chi connectivity index (χ0v) is 10.3. The second-order valence-electron chi connectivity index (χ2n) is 3.82. The van der Waals surface area contributed by atoms with Crippen LogP contribution in [0.25, 0.3) is 0 Å². The molecule has 94 valence electrons. The zero-order chi connectivity index (χ0) is 12.8. The number of benzene rings is 1. The molecular weight excluding hydrogens is 244 g/mol. The minimum Gasteiger partial charge on any atom is -0.492 e. The average molecular weight is 259 g/mol. The molecule has 1 aromatic rings. The molecule has 5 heteroatoms. The van der Waals surface area contributed by atoms with Gasteiger partial charge >= 0.3 is 5.97 Å². The first-order valence-electron chi connectivity index (χ1n) is 5.28. The molecule has 1 rings (SSSR count). The van der Waals surface area contributed by atoms with Gasteiger partial charge in [-0.15, -0.1) is 0 Å². The SMILES string of the molecule is Cc1ccc(Cl)c(OCCC(O)CC(=O)O)c1. The van der Waals surface area contributed by atoms with Crippen molar-refractivity contribution in [2.45, 2.75) is 25.9 Å². The quantitative estimate of drug-likeness (QED) is 0.821. The molecule has 0 aliphatic carbocycles. The monoisotopic (exact) mass is 258 g/mol. The first-order valence-corrected chi connectivity index (χ1v) is 5.65. The molecule has 0 saturated carbocycles. The smallest absolute Gasteiger partial charge is 0.305 e. The number of carbonyl (C=O) groups is 1. The minimum absolute atomic E-state index is 0.234. The topological polar surface area (TPSA) is 66.8 Å². The predicted octanol–water partition coefficient (Wildman–Crippen LogP) is 2.25. The zero-order valence-electron chi connectivity index (χ0n) is 9.52. The highest BCUT2D eigenvalue weighted by molar-refractivity contribution is 6.32. The fraction of sp³-hybridized carbons (Fsp3) is 0.417. The van der Waals surface area contributed by atoms with Gasteiger partial charge in [0.2, 0.25) is 0 Å². The van der Waals surface area contributed by atoms with Crippen molar-refractivity contribution in [1.82, 2.24) is 0 Å². The summed E-state index contributed by atoms with van der Waals surface area (Å²) in [5.41, 5.74) is 1.02. The van der Waals surface area contributed by atoms with Crippen molar-refractivity contribution in [1.29, 1.82) is 0 Å². The van der Waals surface area contributed by atoms with Crippen LogP contribution in [-0.2, 0) is 4.79 Å². The van der Waals surface area contributed by atoms with E-state index in [1.807, 2.05) is 13.0 Å². The molecule has 17 heavy (non-hydrogen) atoms. The predicted molar refractivity (Wildman–Crippen MR) is 64.6 cm³/mol. The van der Waals surface area contributed by atoms with E-state index in [-0.39, 0.29) is 19.4 Å². The number of hydrogen-bond acceptors (Lipinski definition) is 3. The Bertz CT molecular complexity index is 392. The van der Waals surface area contributed by atoms with Crippen LogP contribution in [0.5, 0.6) is 5.75 Å². The summed E-state index contributed by atoms with van der Waals surface area (Å²) in [5.74, 6) is -0.472. The lowest BCUT2D eigenvalue weighted by Gasteiger charge is -2.11. The van der Waals surface area contributed by atoms with Gasteiger partial charge in [0.1, 0.15) is 5.75 Å². The number of rotatable bonds is 6. The fourth-order valence-electron chi connectivity index (χ4n) is 1.33. The van der Waals surface area contributed by atoms with E-state index in [0.717, 1.165) is 5.56 Å². The van der Waals surface area contributed by atoms with Crippen molar-refractivity contribution < 1.29 is 19.7 Å². The molecule has 0 spiro atoms. The Hall–Kier alpha value is -1.26. The van der Waals surface area contributed by atoms with Gasteiger partial charge in [-0.05, 0) is 24.6 Å². The molecule has 0 aromatic heterocycles. The van der Waals surface area contributed by atoms with E-state index in [9.17, 15) is 9.90 Å². The number of aliphatic carboxylic acids is 1. The number of halogens is 1. The number of hydrogen-bond donors (Lipinski definition) is 2. The lowest BCUT2D eigenvalue weighted by Crippen LogP contribution is -2.16. The number of ether oxygens (including phenoxy) is 1. The van der Waals surface area contributed by atoms with Gasteiger partial charge in [-0.3, -0.25) is 4.79 Å². The van der Waals surface area contributed by atoms with Gasteiger partial charge in [-0.1, -0.05) is 17.7 Å². The van der Waals surface area contributed by atoms with E-state index in [0.29, 0.717) is 10.8 Å². The summed E-state index contributed by atoms with van der Waals surface area (Å²) in [6, 6.07) is 5.40. The maximum absolute atomic E-state index is 10.3. The largest absolute Gasteiger partial charge is 0.492 e. The van der Waals surface area contributed by atoms with Gasteiger partial charge in [0.05, 0.1) is 24.2 Å². The van der Waals surface area contributed by atoms with Crippen LogP contribution in [0.15, 0.2) is 18.2 Å². The summed E-state index contributed by atoms with van der Waals surface area (Å²) in [6.07, 6.45) is -0.905. The Morgan fingerprint density at radius 3 is 2.88 bits per heavy atom. The van der Waals surface area contributed by atoms with Gasteiger partial charge in [0.25, 0.3) is 0 Å². The molecule has 1 atom stereocenters. The van der Waals surface area contributed by atoms with E-state index < -0.39 is 12.1 Å². The Morgan fingerprint density at radius 2 is 2.24 bits per heavy atom. The molecular formula is C12H15ClO4. The Kier molecular flexibility index (Phi) is 5.25. The van der Waals surface area contributed by atoms with E-state index in [4.69, 9.17) is 21.4 Å². The summed E-state index contributed by atoms with van der Waals surface area (Å²) >= 11 is 5.91. The number of carboxylic acid groups (broad SMARTS) is 1. The van der Waals surface area contributed by atoms with Crippen LogP contribution in [0.1, 0.15) is 18.4 Å². The van der Waals surface area contributed by atoms with E-state index in [1.54, 1.807) is 12.1 Å². The molecule has 1 unspecified atom stereocenters. The summed E-state index contributed by atoms with van der Waals surface area (Å²) in [7, 11) is 0. The normalized spacial score (nSPS) is 12.2. The van der Waals surface area contributed by atoms with Gasteiger partial charge in [0, 0.05) is 6.42 Å². The Morgan fingerprint density at radius 1 is 1.53 bits per heavy atom. The lowest BCUT2D eigenvalue weighted by atomic mass is 10.2. The number of aryl methyl sites for hydroxylation is 1. The van der Waals surface area contributed by atoms with Crippen molar-refractivity contribution in [3.63, 3.8) is 0 Å². The number of aliphatic hydroxyl groups excluding tert-OH is 1. The maximum Gasteiger partial charge on any atom is 0.305 e. The van der Waals surface area contributed by atoms with Crippen molar-refractivity contribution in [3.05, 3.63) is 28.8 Å². The van der Waals surface area contributed by atoms with Gasteiger partial charge < -0.3 is 14.9 Å². The van der Waals surface area contributed by atoms with Gasteiger partial charge in [0.15, 0.2) is 0 Å². The number of carboxylic acids is 1. The number of aliphatic hydroxyl groups is 1. The first kappa shape index (κ1) is 13.8. The molecule has 0 radical (unpaired) electrons. The minimum atomic E-state index is -1.02. The van der Waals surface area contributed by atoms with E-state index in [1.165, 1.54) is 0 Å². The van der Waals surface area contributed by atoms with E-state index >= 15 is 0 Å². The van der Waals surface area contributed by atoms with Crippen LogP contribution in [0.2, 0.25) is 5.02 Å². The summed E-state index contributed by atoms with van der Waals surface area (Å²) in [6.45, 7) is 2.15. The molecule has 0 saturated heterocycles. The second-order valence-corrected chi connectivity index (χ2v) is 4.23. The molecule has 4 nitrogen and oxygen atoms in total. The molecule has 0 amide bonds. The van der Waals surface area contributed by atoms with Crippen molar-refractivity contribution in [2.75, 3.05) is 6.61 Å². The molecule has 0 bridgehead atoms. The van der Waals surface area contributed by atoms with Crippen LogP contribution in [0.4, 0.5) is 0 Å². The molecule has 2 N–H and O–H groups in total. The molecule has 0 heterocycles. The highest BCUT2D eigenvalue weighted by Crippen LogP contribution is 2.25. The highest BCUT2D eigenvalue weighted by atomic mass is 35.5. The molecule has 0 fully saturated rings. The van der Waals surface area contributed by atoms with Gasteiger partial charge in [-0.25, -0.2) is 0 Å². The van der Waals surface area contributed by atoms with Crippen LogP contribution in [-0.4, -0.2) is 28.9 Å². The van der Waals surface area contributed by atoms with Gasteiger partial charge in [-0.2, -0.15) is 0 Å². The molecule has 1 aromatic carbocycles. The second kappa shape index (κ2) is 6.47. The Labute approximate surface area is 105 Å². The summed E-state index contributed by atoms with van der Waals surface area (Å²) in [4.78, 5) is 10.3. The standard InChI is InChI=1S/C12H15ClO4/c1-8-2-3-10(13)11(6-8)17-5-4-9(14)7-12(15)16/h2-3,6,9,14H,4-5,7H2,1H3,(H,15,16). The summed E-state index contributed by atoms with van der Waals surface area (Å²) in [5, 5.41) is 18.3. The van der Waals surface area contributed by atoms with Crippen molar-refractivity contribution in [2.24, 2.45) is 0 Å². The third-order valence-corrected chi connectivity index (χ3v) is 2.52. The van der Waals surface area contributed by atoms with Crippen LogP contribution < -0.4 is 4.74 Å². The molecule has 0 aliphatic heterocycles. The lowest BCUT2D eigenvalue weighted by molar-refractivity contribution is -0.139. The first-order chi connectivity index (χ1) is 7.99. The average Bonchev–Trinajstić information content (AvgIpc) is 2.22. The molecule has 0 aliphatic rings. The third kappa shape index (κ3) is 5.06.